The summed E-state index contributed by atoms with van der Waals surface area (Å²) in [6, 6.07) is 4.57. The Balaban J connectivity index is 2.06. The van der Waals surface area contributed by atoms with Gasteiger partial charge in [-0.05, 0) is 50.5 Å². The van der Waals surface area contributed by atoms with Crippen LogP contribution in [-0.4, -0.2) is 35.3 Å². The summed E-state index contributed by atoms with van der Waals surface area (Å²) in [4.78, 5) is 25.6. The molecule has 5 heteroatoms. The molecule has 0 bridgehead atoms. The highest BCUT2D eigenvalue weighted by Gasteiger charge is 2.26. The van der Waals surface area contributed by atoms with Crippen molar-refractivity contribution in [1.82, 2.24) is 10.2 Å². The summed E-state index contributed by atoms with van der Waals surface area (Å²) in [5, 5.41) is 2.89. The highest BCUT2D eigenvalue weighted by atomic mass is 19.1. The van der Waals surface area contributed by atoms with Crippen molar-refractivity contribution in [3.05, 3.63) is 35.1 Å². The topological polar surface area (TPSA) is 49.4 Å². The molecule has 0 radical (unpaired) electrons. The molecular formula is C17H23FN2O2. The Morgan fingerprint density at radius 2 is 2.18 bits per heavy atom. The standard InChI is InChI=1S/C17H23FN2O2/c1-11(2)20(10-15-6-7-16(21)19-15)17(22)9-13-8-14(18)5-4-12(13)3/h4-5,8,11,15H,6-7,9-10H2,1-3H3,(H,19,21). The van der Waals surface area contributed by atoms with Gasteiger partial charge in [-0.3, -0.25) is 9.59 Å². The van der Waals surface area contributed by atoms with Crippen LogP contribution in [0.25, 0.3) is 0 Å². The first-order valence-corrected chi connectivity index (χ1v) is 7.70. The number of carbonyl (C=O) groups excluding carboxylic acids is 2. The molecule has 1 aromatic carbocycles. The zero-order valence-electron chi connectivity index (χ0n) is 13.4. The first kappa shape index (κ1) is 16.5. The number of hydrogen-bond acceptors (Lipinski definition) is 2. The van der Waals surface area contributed by atoms with E-state index in [-0.39, 0.29) is 36.1 Å². The van der Waals surface area contributed by atoms with E-state index in [9.17, 15) is 14.0 Å². The number of carbonyl (C=O) groups is 2. The minimum absolute atomic E-state index is 0.0208. The van der Waals surface area contributed by atoms with E-state index in [1.165, 1.54) is 12.1 Å². The van der Waals surface area contributed by atoms with Crippen molar-refractivity contribution in [1.29, 1.82) is 0 Å². The largest absolute Gasteiger partial charge is 0.352 e. The minimum atomic E-state index is -0.326. The lowest BCUT2D eigenvalue weighted by atomic mass is 10.0. The maximum atomic E-state index is 13.4. The number of rotatable bonds is 5. The fourth-order valence-electron chi connectivity index (χ4n) is 2.75. The van der Waals surface area contributed by atoms with Crippen LogP contribution in [0.3, 0.4) is 0 Å². The van der Waals surface area contributed by atoms with Gasteiger partial charge in [0.25, 0.3) is 0 Å². The molecular weight excluding hydrogens is 283 g/mol. The summed E-state index contributed by atoms with van der Waals surface area (Å²) in [6.07, 6.45) is 1.46. The number of aryl methyl sites for hydroxylation is 1. The minimum Gasteiger partial charge on any atom is -0.352 e. The Morgan fingerprint density at radius 3 is 2.77 bits per heavy atom. The van der Waals surface area contributed by atoms with Crippen LogP contribution in [0.4, 0.5) is 4.39 Å². The van der Waals surface area contributed by atoms with Gasteiger partial charge in [0, 0.05) is 25.0 Å². The van der Waals surface area contributed by atoms with Crippen LogP contribution < -0.4 is 5.32 Å². The van der Waals surface area contributed by atoms with Crippen LogP contribution in [0, 0.1) is 12.7 Å². The van der Waals surface area contributed by atoms with Crippen LogP contribution in [0.2, 0.25) is 0 Å². The quantitative estimate of drug-likeness (QED) is 0.906. The third-order valence-corrected chi connectivity index (χ3v) is 4.10. The van der Waals surface area contributed by atoms with E-state index in [1.807, 2.05) is 20.8 Å². The molecule has 2 rings (SSSR count). The molecule has 1 fully saturated rings. The molecule has 120 valence electrons. The summed E-state index contributed by atoms with van der Waals surface area (Å²) in [5.41, 5.74) is 1.62. The van der Waals surface area contributed by atoms with E-state index in [4.69, 9.17) is 0 Å². The van der Waals surface area contributed by atoms with Gasteiger partial charge in [0.1, 0.15) is 5.82 Å². The number of nitrogens with zero attached hydrogens (tertiary/aromatic N) is 1. The molecule has 2 amide bonds. The Morgan fingerprint density at radius 1 is 1.45 bits per heavy atom. The molecule has 1 saturated heterocycles. The third kappa shape index (κ3) is 4.06. The molecule has 1 heterocycles. The average Bonchev–Trinajstić information content (AvgIpc) is 2.85. The van der Waals surface area contributed by atoms with Crippen LogP contribution in [-0.2, 0) is 16.0 Å². The first-order chi connectivity index (χ1) is 10.4. The third-order valence-electron chi connectivity index (χ3n) is 4.10. The Bertz CT molecular complexity index is 572. The highest BCUT2D eigenvalue weighted by Crippen LogP contribution is 2.15. The van der Waals surface area contributed by atoms with Crippen LogP contribution in [0.5, 0.6) is 0 Å². The van der Waals surface area contributed by atoms with Crippen LogP contribution >= 0.6 is 0 Å². The molecule has 0 aromatic heterocycles. The summed E-state index contributed by atoms with van der Waals surface area (Å²) >= 11 is 0. The van der Waals surface area contributed by atoms with E-state index in [0.717, 1.165) is 12.0 Å². The van der Waals surface area contributed by atoms with Crippen LogP contribution in [0.1, 0.15) is 37.8 Å². The first-order valence-electron chi connectivity index (χ1n) is 7.70. The second-order valence-electron chi connectivity index (χ2n) is 6.19. The molecule has 1 atom stereocenters. The molecule has 1 aromatic rings. The predicted octanol–water partition coefficient (Wildman–Crippen LogP) is 2.19. The van der Waals surface area contributed by atoms with Gasteiger partial charge in [-0.25, -0.2) is 4.39 Å². The Hall–Kier alpha value is -1.91. The maximum Gasteiger partial charge on any atom is 0.227 e. The number of hydrogen-bond donors (Lipinski definition) is 1. The molecule has 0 spiro atoms. The zero-order chi connectivity index (χ0) is 16.3. The van der Waals surface area contributed by atoms with E-state index >= 15 is 0 Å². The van der Waals surface area contributed by atoms with E-state index in [2.05, 4.69) is 5.32 Å². The lowest BCUT2D eigenvalue weighted by Crippen LogP contribution is -2.46. The lowest BCUT2D eigenvalue weighted by Gasteiger charge is -2.29. The van der Waals surface area contributed by atoms with Crippen molar-refractivity contribution in [3.8, 4) is 0 Å². The fourth-order valence-corrected chi connectivity index (χ4v) is 2.75. The molecule has 4 nitrogen and oxygen atoms in total. The highest BCUT2D eigenvalue weighted by molar-refractivity contribution is 5.80. The Kier molecular flexibility index (Phi) is 5.16. The molecule has 1 aliphatic heterocycles. The number of halogens is 1. The number of amides is 2. The molecule has 1 unspecified atom stereocenters. The summed E-state index contributed by atoms with van der Waals surface area (Å²) < 4.78 is 13.4. The second-order valence-corrected chi connectivity index (χ2v) is 6.19. The lowest BCUT2D eigenvalue weighted by molar-refractivity contribution is -0.132. The van der Waals surface area contributed by atoms with Crippen molar-refractivity contribution >= 4 is 11.8 Å². The van der Waals surface area contributed by atoms with Crippen molar-refractivity contribution in [2.24, 2.45) is 0 Å². The van der Waals surface area contributed by atoms with Gasteiger partial charge in [0.15, 0.2) is 0 Å². The second kappa shape index (κ2) is 6.90. The van der Waals surface area contributed by atoms with Crippen molar-refractivity contribution in [3.63, 3.8) is 0 Å². The summed E-state index contributed by atoms with van der Waals surface area (Å²) in [6.45, 7) is 6.29. The molecule has 0 saturated carbocycles. The molecule has 1 aliphatic rings. The van der Waals surface area contributed by atoms with Crippen molar-refractivity contribution in [2.75, 3.05) is 6.54 Å². The van der Waals surface area contributed by atoms with E-state index < -0.39 is 0 Å². The smallest absolute Gasteiger partial charge is 0.227 e. The molecule has 1 N–H and O–H groups in total. The van der Waals surface area contributed by atoms with Gasteiger partial charge in [-0.2, -0.15) is 0 Å². The summed E-state index contributed by atoms with van der Waals surface area (Å²) in [5.74, 6) is -0.320. The maximum absolute atomic E-state index is 13.4. The average molecular weight is 306 g/mol. The normalized spacial score (nSPS) is 17.7. The van der Waals surface area contributed by atoms with Crippen LogP contribution in [0.15, 0.2) is 18.2 Å². The SMILES string of the molecule is Cc1ccc(F)cc1CC(=O)N(CC1CCC(=O)N1)C(C)C. The zero-order valence-corrected chi connectivity index (χ0v) is 13.4. The number of nitrogens with one attached hydrogen (secondary N) is 1. The van der Waals surface area contributed by atoms with Gasteiger partial charge in [-0.1, -0.05) is 6.07 Å². The van der Waals surface area contributed by atoms with Crippen molar-refractivity contribution in [2.45, 2.75) is 52.1 Å². The van der Waals surface area contributed by atoms with E-state index in [0.29, 0.717) is 18.5 Å². The molecule has 0 aliphatic carbocycles. The number of benzene rings is 1. The van der Waals surface area contributed by atoms with E-state index in [1.54, 1.807) is 11.0 Å². The van der Waals surface area contributed by atoms with Gasteiger partial charge < -0.3 is 10.2 Å². The Labute approximate surface area is 130 Å². The van der Waals surface area contributed by atoms with Gasteiger partial charge in [0.2, 0.25) is 11.8 Å². The van der Waals surface area contributed by atoms with Gasteiger partial charge in [0.05, 0.1) is 6.42 Å². The van der Waals surface area contributed by atoms with Gasteiger partial charge in [-0.15, -0.1) is 0 Å². The predicted molar refractivity (Wildman–Crippen MR) is 82.9 cm³/mol. The summed E-state index contributed by atoms with van der Waals surface area (Å²) in [7, 11) is 0. The van der Waals surface area contributed by atoms with Gasteiger partial charge >= 0.3 is 0 Å². The monoisotopic (exact) mass is 306 g/mol. The molecule has 22 heavy (non-hydrogen) atoms. The van der Waals surface area contributed by atoms with Crippen molar-refractivity contribution < 1.29 is 14.0 Å². The fraction of sp³-hybridized carbons (Fsp3) is 0.529.